The summed E-state index contributed by atoms with van der Waals surface area (Å²) in [4.78, 5) is 12.8. The molecule has 0 aliphatic carbocycles. The van der Waals surface area contributed by atoms with E-state index in [1.54, 1.807) is 24.3 Å². The van der Waals surface area contributed by atoms with Crippen LogP contribution < -0.4 is 5.32 Å². The van der Waals surface area contributed by atoms with Gasteiger partial charge in [0.2, 0.25) is 0 Å². The van der Waals surface area contributed by atoms with Crippen LogP contribution in [0.25, 0.3) is 10.1 Å². The van der Waals surface area contributed by atoms with Crippen molar-refractivity contribution in [2.75, 3.05) is 5.32 Å². The van der Waals surface area contributed by atoms with E-state index in [1.807, 2.05) is 12.1 Å². The Kier molecular flexibility index (Phi) is 4.53. The number of fused-ring (bicyclic) bond motifs is 1. The lowest BCUT2D eigenvalue weighted by Crippen LogP contribution is -2.10. The maximum atomic E-state index is 12.4. The van der Waals surface area contributed by atoms with Gasteiger partial charge in [-0.15, -0.1) is 11.3 Å². The Morgan fingerprint density at radius 3 is 2.32 bits per heavy atom. The van der Waals surface area contributed by atoms with Crippen molar-refractivity contribution >= 4 is 79.4 Å². The van der Waals surface area contributed by atoms with Crippen LogP contribution in [0.4, 0.5) is 5.69 Å². The Balaban J connectivity index is 1.99. The third-order valence-electron chi connectivity index (χ3n) is 2.93. The highest BCUT2D eigenvalue weighted by atomic mass is 35.5. The quantitative estimate of drug-likeness (QED) is 0.514. The van der Waals surface area contributed by atoms with Crippen LogP contribution in [0, 0.1) is 0 Å². The van der Waals surface area contributed by atoms with Gasteiger partial charge in [0.05, 0.1) is 10.0 Å². The molecule has 1 N–H and O–H groups in total. The van der Waals surface area contributed by atoms with Crippen LogP contribution in [0.15, 0.2) is 36.4 Å². The van der Waals surface area contributed by atoms with Crippen LogP contribution in [0.3, 0.4) is 0 Å². The summed E-state index contributed by atoms with van der Waals surface area (Å²) in [6, 6.07) is 10.2. The van der Waals surface area contributed by atoms with E-state index in [0.29, 0.717) is 36.0 Å². The minimum atomic E-state index is -0.333. The summed E-state index contributed by atoms with van der Waals surface area (Å²) < 4.78 is 0.853. The maximum absolute atomic E-state index is 12.4. The SMILES string of the molecule is O=C(Nc1cc(Cl)cc(Cl)c1)c1sc2cccc(Cl)c2c1Cl. The molecule has 0 unspecified atom stereocenters. The van der Waals surface area contributed by atoms with E-state index in [0.717, 1.165) is 4.70 Å². The highest BCUT2D eigenvalue weighted by Crippen LogP contribution is 2.39. The van der Waals surface area contributed by atoms with Crippen LogP contribution in [0.2, 0.25) is 20.1 Å². The van der Waals surface area contributed by atoms with Crippen molar-refractivity contribution in [3.8, 4) is 0 Å². The maximum Gasteiger partial charge on any atom is 0.267 e. The standard InChI is InChI=1S/C15H7Cl4NOS/c16-7-4-8(17)6-9(5-7)20-15(21)14-13(19)12-10(18)2-1-3-11(12)22-14/h1-6H,(H,20,21). The zero-order valence-electron chi connectivity index (χ0n) is 10.8. The molecule has 7 heteroatoms. The highest BCUT2D eigenvalue weighted by molar-refractivity contribution is 7.21. The number of hydrogen-bond acceptors (Lipinski definition) is 2. The lowest BCUT2D eigenvalue weighted by Gasteiger charge is -2.05. The van der Waals surface area contributed by atoms with Gasteiger partial charge in [0.15, 0.2) is 0 Å². The Morgan fingerprint density at radius 2 is 1.68 bits per heavy atom. The molecule has 0 saturated carbocycles. The number of carbonyl (C=O) groups excluding carboxylic acids is 1. The van der Waals surface area contributed by atoms with Gasteiger partial charge < -0.3 is 5.32 Å². The summed E-state index contributed by atoms with van der Waals surface area (Å²) in [5, 5.41) is 5.16. The number of benzene rings is 2. The predicted molar refractivity (Wildman–Crippen MR) is 96.3 cm³/mol. The van der Waals surface area contributed by atoms with Crippen LogP contribution in [0.1, 0.15) is 9.67 Å². The van der Waals surface area contributed by atoms with Gasteiger partial charge in [-0.1, -0.05) is 52.5 Å². The fourth-order valence-electron chi connectivity index (χ4n) is 2.03. The van der Waals surface area contributed by atoms with E-state index in [9.17, 15) is 4.79 Å². The second-order valence-corrected chi connectivity index (χ2v) is 7.18. The smallest absolute Gasteiger partial charge is 0.267 e. The Labute approximate surface area is 150 Å². The van der Waals surface area contributed by atoms with Crippen molar-refractivity contribution in [3.05, 3.63) is 61.4 Å². The summed E-state index contributed by atoms with van der Waals surface area (Å²) in [5.74, 6) is -0.333. The topological polar surface area (TPSA) is 29.1 Å². The van der Waals surface area contributed by atoms with Gasteiger partial charge in [-0.25, -0.2) is 0 Å². The number of anilines is 1. The first-order valence-electron chi connectivity index (χ1n) is 6.09. The van der Waals surface area contributed by atoms with Crippen molar-refractivity contribution in [2.45, 2.75) is 0 Å². The Hall–Kier alpha value is -0.970. The van der Waals surface area contributed by atoms with E-state index >= 15 is 0 Å². The van der Waals surface area contributed by atoms with E-state index in [4.69, 9.17) is 46.4 Å². The van der Waals surface area contributed by atoms with Gasteiger partial charge in [0, 0.05) is 25.8 Å². The molecule has 2 nitrogen and oxygen atoms in total. The molecule has 0 fully saturated rings. The first kappa shape index (κ1) is 15.9. The van der Waals surface area contributed by atoms with Crippen molar-refractivity contribution < 1.29 is 4.79 Å². The normalized spacial score (nSPS) is 10.9. The molecule has 22 heavy (non-hydrogen) atoms. The molecule has 1 aromatic heterocycles. The number of carbonyl (C=O) groups is 1. The first-order chi connectivity index (χ1) is 10.5. The molecule has 0 aliphatic heterocycles. The van der Waals surface area contributed by atoms with Crippen LogP contribution in [-0.4, -0.2) is 5.91 Å². The molecule has 112 valence electrons. The van der Waals surface area contributed by atoms with E-state index in [2.05, 4.69) is 5.32 Å². The van der Waals surface area contributed by atoms with Crippen molar-refractivity contribution in [1.82, 2.24) is 0 Å². The zero-order chi connectivity index (χ0) is 15.9. The molecule has 1 heterocycles. The number of halogens is 4. The third kappa shape index (κ3) is 3.05. The molecule has 3 aromatic rings. The number of thiophene rings is 1. The monoisotopic (exact) mass is 389 g/mol. The predicted octanol–water partition coefficient (Wildman–Crippen LogP) is 6.77. The number of nitrogens with one attached hydrogen (secondary N) is 1. The number of amides is 1. The lowest BCUT2D eigenvalue weighted by atomic mass is 10.2. The van der Waals surface area contributed by atoms with E-state index in [1.165, 1.54) is 11.3 Å². The Morgan fingerprint density at radius 1 is 1.00 bits per heavy atom. The molecule has 3 rings (SSSR count). The number of hydrogen-bond donors (Lipinski definition) is 1. The summed E-state index contributed by atoms with van der Waals surface area (Å²) in [6.07, 6.45) is 0. The van der Waals surface area contributed by atoms with Crippen molar-refractivity contribution in [3.63, 3.8) is 0 Å². The lowest BCUT2D eigenvalue weighted by molar-refractivity contribution is 0.103. The molecule has 0 aliphatic rings. The highest BCUT2D eigenvalue weighted by Gasteiger charge is 2.19. The molecule has 0 atom stereocenters. The van der Waals surface area contributed by atoms with Gasteiger partial charge in [0.1, 0.15) is 4.88 Å². The largest absolute Gasteiger partial charge is 0.321 e. The average Bonchev–Trinajstić information content (AvgIpc) is 2.76. The molecule has 2 aromatic carbocycles. The fourth-order valence-corrected chi connectivity index (χ4v) is 4.41. The summed E-state index contributed by atoms with van der Waals surface area (Å²) in [5.41, 5.74) is 0.502. The molecular weight excluding hydrogens is 384 g/mol. The van der Waals surface area contributed by atoms with Crippen LogP contribution in [0.5, 0.6) is 0 Å². The van der Waals surface area contributed by atoms with Gasteiger partial charge in [-0.05, 0) is 30.3 Å². The summed E-state index contributed by atoms with van der Waals surface area (Å²) >= 11 is 25.6. The van der Waals surface area contributed by atoms with Crippen LogP contribution >= 0.6 is 57.7 Å². The molecule has 0 saturated heterocycles. The van der Waals surface area contributed by atoms with Crippen molar-refractivity contribution in [1.29, 1.82) is 0 Å². The fraction of sp³-hybridized carbons (Fsp3) is 0. The van der Waals surface area contributed by atoms with Gasteiger partial charge in [0.25, 0.3) is 5.91 Å². The average molecular weight is 391 g/mol. The molecule has 0 radical (unpaired) electrons. The molecule has 1 amide bonds. The van der Waals surface area contributed by atoms with Gasteiger partial charge >= 0.3 is 0 Å². The Bertz CT molecular complexity index is 870. The van der Waals surface area contributed by atoms with Crippen molar-refractivity contribution in [2.24, 2.45) is 0 Å². The third-order valence-corrected chi connectivity index (χ3v) is 5.33. The van der Waals surface area contributed by atoms with Crippen LogP contribution in [-0.2, 0) is 0 Å². The minimum Gasteiger partial charge on any atom is -0.321 e. The first-order valence-corrected chi connectivity index (χ1v) is 8.42. The molecular formula is C15H7Cl4NOS. The molecule has 0 spiro atoms. The van der Waals surface area contributed by atoms with Gasteiger partial charge in [-0.2, -0.15) is 0 Å². The molecule has 0 bridgehead atoms. The second kappa shape index (κ2) is 6.26. The minimum absolute atomic E-state index is 0.333. The zero-order valence-corrected chi connectivity index (χ0v) is 14.6. The van der Waals surface area contributed by atoms with Gasteiger partial charge in [-0.3, -0.25) is 4.79 Å². The van der Waals surface area contributed by atoms with E-state index in [-0.39, 0.29) is 5.91 Å². The van der Waals surface area contributed by atoms with E-state index < -0.39 is 0 Å². The summed E-state index contributed by atoms with van der Waals surface area (Å²) in [7, 11) is 0. The second-order valence-electron chi connectivity index (χ2n) is 4.47. The summed E-state index contributed by atoms with van der Waals surface area (Å²) in [6.45, 7) is 0. The number of rotatable bonds is 2.